The van der Waals surface area contributed by atoms with Crippen LogP contribution in [0.15, 0.2) is 0 Å². The van der Waals surface area contributed by atoms with E-state index >= 15 is 0 Å². The highest BCUT2D eigenvalue weighted by Gasteiger charge is 2.45. The molecule has 0 bridgehead atoms. The monoisotopic (exact) mass is 204 g/mol. The van der Waals surface area contributed by atoms with E-state index in [2.05, 4.69) is 0 Å². The summed E-state index contributed by atoms with van der Waals surface area (Å²) in [7, 11) is 0. The van der Waals surface area contributed by atoms with Crippen molar-refractivity contribution in [2.24, 2.45) is 11.1 Å². The summed E-state index contributed by atoms with van der Waals surface area (Å²) in [5.41, 5.74) is 5.58. The average molecular weight is 204 g/mol. The molecule has 14 heavy (non-hydrogen) atoms. The highest BCUT2D eigenvalue weighted by atomic mass is 19.3. The fraction of sp³-hybridized carbons (Fsp3) is 1.00. The molecule has 2 rings (SSSR count). The minimum absolute atomic E-state index is 0.153. The van der Waals surface area contributed by atoms with Crippen molar-refractivity contribution < 1.29 is 8.78 Å². The lowest BCUT2D eigenvalue weighted by Crippen LogP contribution is -2.45. The van der Waals surface area contributed by atoms with E-state index < -0.39 is 12.5 Å². The summed E-state index contributed by atoms with van der Waals surface area (Å²) < 4.78 is 26.0. The number of alkyl halides is 2. The number of likely N-dealkylation sites (tertiary alicyclic amines) is 1. The molecule has 1 saturated carbocycles. The highest BCUT2D eigenvalue weighted by molar-refractivity contribution is 4.97. The van der Waals surface area contributed by atoms with E-state index in [4.69, 9.17) is 5.73 Å². The maximum Gasteiger partial charge on any atom is 0.272 e. The van der Waals surface area contributed by atoms with E-state index in [1.54, 1.807) is 0 Å². The van der Waals surface area contributed by atoms with E-state index in [1.165, 1.54) is 12.8 Å². The van der Waals surface area contributed by atoms with Gasteiger partial charge in [-0.1, -0.05) is 0 Å². The smallest absolute Gasteiger partial charge is 0.272 e. The van der Waals surface area contributed by atoms with Crippen LogP contribution in [0.25, 0.3) is 0 Å². The van der Waals surface area contributed by atoms with Gasteiger partial charge >= 0.3 is 0 Å². The normalized spacial score (nSPS) is 26.8. The molecular formula is C10H18F2N2. The van der Waals surface area contributed by atoms with Crippen molar-refractivity contribution in [2.75, 3.05) is 26.2 Å². The van der Waals surface area contributed by atoms with Gasteiger partial charge in [0.2, 0.25) is 0 Å². The molecule has 0 radical (unpaired) electrons. The van der Waals surface area contributed by atoms with E-state index in [-0.39, 0.29) is 6.54 Å². The molecule has 0 aromatic carbocycles. The molecule has 1 saturated heterocycles. The summed E-state index contributed by atoms with van der Waals surface area (Å²) >= 11 is 0. The minimum atomic E-state index is -2.70. The molecule has 1 heterocycles. The van der Waals surface area contributed by atoms with Crippen LogP contribution in [-0.2, 0) is 0 Å². The zero-order valence-electron chi connectivity index (χ0n) is 8.44. The standard InChI is InChI=1S/C10H18F2N2/c11-10(12,7-13)8-14-5-3-9(1-2-9)4-6-14/h1-8,13H2. The summed E-state index contributed by atoms with van der Waals surface area (Å²) in [4.78, 5) is 1.86. The summed E-state index contributed by atoms with van der Waals surface area (Å²) in [6.45, 7) is 0.972. The fourth-order valence-electron chi connectivity index (χ4n) is 2.25. The Labute approximate surface area is 83.4 Å². The number of nitrogens with zero attached hydrogens (tertiary/aromatic N) is 1. The maximum absolute atomic E-state index is 13.0. The van der Waals surface area contributed by atoms with Crippen molar-refractivity contribution in [1.82, 2.24) is 4.90 Å². The van der Waals surface area contributed by atoms with Crippen LogP contribution in [-0.4, -0.2) is 37.0 Å². The molecule has 0 unspecified atom stereocenters. The number of halogens is 2. The van der Waals surface area contributed by atoms with Crippen LogP contribution in [0.5, 0.6) is 0 Å². The summed E-state index contributed by atoms with van der Waals surface area (Å²) in [6, 6.07) is 0. The molecule has 4 heteroatoms. The van der Waals surface area contributed by atoms with Gasteiger partial charge in [-0.3, -0.25) is 4.90 Å². The molecule has 1 aliphatic carbocycles. The van der Waals surface area contributed by atoms with Gasteiger partial charge in [0.1, 0.15) is 0 Å². The Morgan fingerprint density at radius 3 is 2.14 bits per heavy atom. The van der Waals surface area contributed by atoms with Gasteiger partial charge in [0, 0.05) is 0 Å². The lowest BCUT2D eigenvalue weighted by Gasteiger charge is -2.33. The number of hydrogen-bond donors (Lipinski definition) is 1. The largest absolute Gasteiger partial charge is 0.325 e. The van der Waals surface area contributed by atoms with Crippen molar-refractivity contribution in [3.8, 4) is 0 Å². The number of nitrogens with two attached hydrogens (primary N) is 1. The molecule has 1 aliphatic heterocycles. The van der Waals surface area contributed by atoms with Crippen LogP contribution in [0.4, 0.5) is 8.78 Å². The van der Waals surface area contributed by atoms with E-state index in [0.29, 0.717) is 5.41 Å². The van der Waals surface area contributed by atoms with Gasteiger partial charge in [-0.2, -0.15) is 0 Å². The topological polar surface area (TPSA) is 29.3 Å². The number of piperidine rings is 1. The Kier molecular flexibility index (Phi) is 2.52. The Morgan fingerprint density at radius 1 is 1.14 bits per heavy atom. The quantitative estimate of drug-likeness (QED) is 0.754. The minimum Gasteiger partial charge on any atom is -0.325 e. The molecule has 1 spiro atoms. The second-order valence-electron chi connectivity index (χ2n) is 4.84. The molecule has 2 aliphatic rings. The molecule has 2 nitrogen and oxygen atoms in total. The third-order valence-electron chi connectivity index (χ3n) is 3.63. The Balaban J connectivity index is 1.78. The van der Waals surface area contributed by atoms with Crippen molar-refractivity contribution in [3.63, 3.8) is 0 Å². The van der Waals surface area contributed by atoms with Gasteiger partial charge in [0.05, 0.1) is 13.1 Å². The average Bonchev–Trinajstić information content (AvgIpc) is 2.90. The fourth-order valence-corrected chi connectivity index (χ4v) is 2.25. The van der Waals surface area contributed by atoms with Crippen molar-refractivity contribution in [3.05, 3.63) is 0 Å². The van der Waals surface area contributed by atoms with Crippen molar-refractivity contribution in [2.45, 2.75) is 31.6 Å². The molecule has 0 amide bonds. The highest BCUT2D eigenvalue weighted by Crippen LogP contribution is 2.53. The first-order valence-electron chi connectivity index (χ1n) is 5.36. The van der Waals surface area contributed by atoms with Gasteiger partial charge in [-0.15, -0.1) is 0 Å². The van der Waals surface area contributed by atoms with Crippen LogP contribution in [0, 0.1) is 5.41 Å². The van der Waals surface area contributed by atoms with Crippen LogP contribution >= 0.6 is 0 Å². The van der Waals surface area contributed by atoms with Gasteiger partial charge in [0.25, 0.3) is 5.92 Å². The zero-order chi connectivity index (χ0) is 10.2. The van der Waals surface area contributed by atoms with Gasteiger partial charge in [-0.25, -0.2) is 8.78 Å². The van der Waals surface area contributed by atoms with Crippen LogP contribution in [0.2, 0.25) is 0 Å². The van der Waals surface area contributed by atoms with Crippen molar-refractivity contribution in [1.29, 1.82) is 0 Å². The Hall–Kier alpha value is -0.220. The Bertz CT molecular complexity index is 204. The molecule has 0 aromatic heterocycles. The number of rotatable bonds is 3. The van der Waals surface area contributed by atoms with Crippen molar-refractivity contribution >= 4 is 0 Å². The van der Waals surface area contributed by atoms with E-state index in [1.807, 2.05) is 4.90 Å². The van der Waals surface area contributed by atoms with Gasteiger partial charge < -0.3 is 5.73 Å². The second-order valence-corrected chi connectivity index (χ2v) is 4.84. The summed E-state index contributed by atoms with van der Waals surface area (Å²) in [5.74, 6) is -2.70. The first kappa shape index (κ1) is 10.3. The zero-order valence-corrected chi connectivity index (χ0v) is 8.44. The predicted octanol–water partition coefficient (Wildman–Crippen LogP) is 1.46. The third-order valence-corrected chi connectivity index (χ3v) is 3.63. The SMILES string of the molecule is NCC(F)(F)CN1CCC2(CC1)CC2. The first-order chi connectivity index (χ1) is 6.55. The predicted molar refractivity (Wildman–Crippen MR) is 51.3 cm³/mol. The lowest BCUT2D eigenvalue weighted by atomic mass is 9.93. The number of hydrogen-bond acceptors (Lipinski definition) is 2. The molecule has 82 valence electrons. The van der Waals surface area contributed by atoms with E-state index in [9.17, 15) is 8.78 Å². The molecule has 0 aromatic rings. The Morgan fingerprint density at radius 2 is 1.71 bits per heavy atom. The summed E-state index contributed by atoms with van der Waals surface area (Å²) in [5, 5.41) is 0. The van der Waals surface area contributed by atoms with Crippen LogP contribution < -0.4 is 5.73 Å². The molecule has 2 fully saturated rings. The molecule has 0 atom stereocenters. The molecule has 2 N–H and O–H groups in total. The van der Waals surface area contributed by atoms with Gasteiger partial charge in [-0.05, 0) is 44.2 Å². The third kappa shape index (κ3) is 2.23. The van der Waals surface area contributed by atoms with Crippen LogP contribution in [0.1, 0.15) is 25.7 Å². The second kappa shape index (κ2) is 3.42. The maximum atomic E-state index is 13.0. The first-order valence-corrected chi connectivity index (χ1v) is 5.36. The molecular weight excluding hydrogens is 186 g/mol. The summed E-state index contributed by atoms with van der Waals surface area (Å²) in [6.07, 6.45) is 4.84. The van der Waals surface area contributed by atoms with E-state index in [0.717, 1.165) is 25.9 Å². The van der Waals surface area contributed by atoms with Crippen LogP contribution in [0.3, 0.4) is 0 Å². The lowest BCUT2D eigenvalue weighted by molar-refractivity contribution is -0.0318. The van der Waals surface area contributed by atoms with Gasteiger partial charge in [0.15, 0.2) is 0 Å².